The fourth-order valence-electron chi connectivity index (χ4n) is 4.58. The lowest BCUT2D eigenvalue weighted by Gasteiger charge is -2.39. The molecule has 2 unspecified atom stereocenters. The lowest BCUT2D eigenvalue weighted by molar-refractivity contribution is -0.119. The summed E-state index contributed by atoms with van der Waals surface area (Å²) < 4.78 is 3.49. The van der Waals surface area contributed by atoms with E-state index in [9.17, 15) is 10.1 Å². The third kappa shape index (κ3) is 4.94. The number of nitrogens with zero attached hydrogens (tertiary/aromatic N) is 6. The number of nitriles is 1. The Hall–Kier alpha value is -4.49. The summed E-state index contributed by atoms with van der Waals surface area (Å²) in [5.74, 6) is 0.622. The number of hydrogen-bond acceptors (Lipinski definition) is 7. The largest absolute Gasteiger partial charge is 0.355 e. The van der Waals surface area contributed by atoms with E-state index in [2.05, 4.69) is 43.8 Å². The van der Waals surface area contributed by atoms with Crippen molar-refractivity contribution in [1.29, 1.82) is 5.26 Å². The number of hydrogen-bond donors (Lipinski definition) is 3. The van der Waals surface area contributed by atoms with Gasteiger partial charge < -0.3 is 10.6 Å². The lowest BCUT2D eigenvalue weighted by Crippen LogP contribution is -2.59. The van der Waals surface area contributed by atoms with Gasteiger partial charge in [-0.2, -0.15) is 15.5 Å². The number of nitrogens with one attached hydrogen (secondary N) is 3. The number of carbonyl (C=O) groups is 1. The molecule has 0 aromatic carbocycles. The van der Waals surface area contributed by atoms with Crippen molar-refractivity contribution >= 4 is 17.2 Å². The first kappa shape index (κ1) is 24.2. The summed E-state index contributed by atoms with van der Waals surface area (Å²) in [4.78, 5) is 16.7. The molecule has 10 nitrogen and oxygen atoms in total. The molecule has 4 aromatic heterocycles. The van der Waals surface area contributed by atoms with Gasteiger partial charge in [-0.1, -0.05) is 6.58 Å². The van der Waals surface area contributed by atoms with Crippen molar-refractivity contribution in [3.8, 4) is 28.3 Å². The maximum atomic E-state index is 12.1. The molecule has 1 saturated heterocycles. The van der Waals surface area contributed by atoms with Crippen LogP contribution in [0.2, 0.25) is 0 Å². The van der Waals surface area contributed by atoms with Crippen molar-refractivity contribution in [2.24, 2.45) is 7.05 Å². The second-order valence-corrected chi connectivity index (χ2v) is 9.85. The van der Waals surface area contributed by atoms with Gasteiger partial charge in [0, 0.05) is 60.0 Å². The molecule has 2 atom stereocenters. The predicted molar refractivity (Wildman–Crippen MR) is 141 cm³/mol. The van der Waals surface area contributed by atoms with Crippen molar-refractivity contribution in [3.05, 3.63) is 66.9 Å². The highest BCUT2D eigenvalue weighted by Crippen LogP contribution is 2.32. The Balaban J connectivity index is 1.35. The smallest absolute Gasteiger partial charge is 0.246 e. The number of piperidine rings is 1. The molecular weight excluding hydrogens is 466 g/mol. The number of fused-ring (bicyclic) bond motifs is 1. The van der Waals surface area contributed by atoms with Crippen LogP contribution in [0.25, 0.3) is 27.8 Å². The maximum Gasteiger partial charge on any atom is 0.246 e. The van der Waals surface area contributed by atoms with Crippen LogP contribution in [-0.2, 0) is 11.8 Å². The quantitative estimate of drug-likeness (QED) is 0.351. The van der Waals surface area contributed by atoms with Gasteiger partial charge in [0.05, 0.1) is 35.2 Å². The predicted octanol–water partition coefficient (Wildman–Crippen LogP) is 3.24. The van der Waals surface area contributed by atoms with Gasteiger partial charge in [0.2, 0.25) is 5.91 Å². The zero-order valence-electron chi connectivity index (χ0n) is 21.1. The van der Waals surface area contributed by atoms with Gasteiger partial charge in [-0.3, -0.25) is 14.8 Å². The molecule has 37 heavy (non-hydrogen) atoms. The molecule has 0 spiro atoms. The van der Waals surface area contributed by atoms with E-state index in [1.807, 2.05) is 44.6 Å². The van der Waals surface area contributed by atoms with Crippen molar-refractivity contribution in [3.63, 3.8) is 0 Å². The Kier molecular flexibility index (Phi) is 6.23. The van der Waals surface area contributed by atoms with Crippen LogP contribution in [0.3, 0.4) is 0 Å². The molecule has 0 aliphatic carbocycles. The number of pyridine rings is 2. The second kappa shape index (κ2) is 9.52. The van der Waals surface area contributed by atoms with Crippen molar-refractivity contribution in [2.75, 3.05) is 11.9 Å². The van der Waals surface area contributed by atoms with Crippen molar-refractivity contribution in [2.45, 2.75) is 38.4 Å². The molecule has 3 N–H and O–H groups in total. The fourth-order valence-corrected chi connectivity index (χ4v) is 4.58. The number of aromatic nitrogens is 5. The Morgan fingerprint density at radius 3 is 2.68 bits per heavy atom. The SMILES string of the molecule is C=C(C)C(=O)NC1(C)CCC(Nc2ccc(-c3cc(-c4cnn(C)c4)cn4ncc(C#N)c34)cn2)NC1. The van der Waals surface area contributed by atoms with E-state index >= 15 is 0 Å². The van der Waals surface area contributed by atoms with E-state index in [4.69, 9.17) is 0 Å². The topological polar surface area (TPSA) is 125 Å². The van der Waals surface area contributed by atoms with Gasteiger partial charge in [-0.15, -0.1) is 0 Å². The second-order valence-electron chi connectivity index (χ2n) is 9.85. The Labute approximate surface area is 215 Å². The zero-order chi connectivity index (χ0) is 26.2. The maximum absolute atomic E-state index is 12.1. The molecular formula is C27H29N9O. The first-order chi connectivity index (χ1) is 17.7. The number of carbonyl (C=O) groups excluding carboxylic acids is 1. The third-order valence-electron chi connectivity index (χ3n) is 6.69. The molecule has 188 valence electrons. The van der Waals surface area contributed by atoms with E-state index in [0.717, 1.165) is 46.4 Å². The van der Waals surface area contributed by atoms with E-state index in [1.165, 1.54) is 0 Å². The minimum Gasteiger partial charge on any atom is -0.355 e. The van der Waals surface area contributed by atoms with Crippen LogP contribution >= 0.6 is 0 Å². The molecule has 0 bridgehead atoms. The molecule has 1 amide bonds. The number of amides is 1. The minimum absolute atomic E-state index is 0.0359. The molecule has 1 fully saturated rings. The van der Waals surface area contributed by atoms with Gasteiger partial charge >= 0.3 is 0 Å². The first-order valence-corrected chi connectivity index (χ1v) is 12.1. The molecule has 1 aliphatic heterocycles. The molecule has 0 radical (unpaired) electrons. The number of anilines is 1. The Bertz CT molecular complexity index is 1520. The highest BCUT2D eigenvalue weighted by atomic mass is 16.1. The molecule has 1 aliphatic rings. The normalized spacial score (nSPS) is 19.4. The van der Waals surface area contributed by atoms with Crippen molar-refractivity contribution < 1.29 is 4.79 Å². The van der Waals surface area contributed by atoms with Gasteiger partial charge in [0.15, 0.2) is 0 Å². The summed E-state index contributed by atoms with van der Waals surface area (Å²) in [5, 5.41) is 28.3. The highest BCUT2D eigenvalue weighted by Gasteiger charge is 2.32. The minimum atomic E-state index is -0.320. The summed E-state index contributed by atoms with van der Waals surface area (Å²) >= 11 is 0. The molecule has 5 rings (SSSR count). The fraction of sp³-hybridized carbons (Fsp3) is 0.296. The van der Waals surface area contributed by atoms with Crippen LogP contribution in [0.5, 0.6) is 0 Å². The van der Waals surface area contributed by atoms with E-state index in [-0.39, 0.29) is 17.6 Å². The van der Waals surface area contributed by atoms with Crippen molar-refractivity contribution in [1.82, 2.24) is 35.0 Å². The summed E-state index contributed by atoms with van der Waals surface area (Å²) in [6, 6.07) is 8.21. The summed E-state index contributed by atoms with van der Waals surface area (Å²) in [6.45, 7) is 8.11. The molecule has 5 heterocycles. The van der Waals surface area contributed by atoms with Crippen LogP contribution in [0.4, 0.5) is 5.82 Å². The number of rotatable bonds is 6. The summed E-state index contributed by atoms with van der Waals surface area (Å²) in [5.41, 5.74) is 5.08. The van der Waals surface area contributed by atoms with E-state index in [0.29, 0.717) is 17.7 Å². The number of aryl methyl sites for hydroxylation is 1. The van der Waals surface area contributed by atoms with Gasteiger partial charge in [0.25, 0.3) is 0 Å². The third-order valence-corrected chi connectivity index (χ3v) is 6.69. The Morgan fingerprint density at radius 2 is 2.05 bits per heavy atom. The molecule has 4 aromatic rings. The summed E-state index contributed by atoms with van der Waals surface area (Å²) in [7, 11) is 1.88. The Morgan fingerprint density at radius 1 is 1.22 bits per heavy atom. The van der Waals surface area contributed by atoms with Crippen LogP contribution in [0.1, 0.15) is 32.3 Å². The van der Waals surface area contributed by atoms with Gasteiger partial charge in [-0.05, 0) is 44.9 Å². The standard InChI is InChI=1S/C27H29N9O/c1-17(2)26(37)34-27(3)8-7-24(30-16-27)33-23-6-5-18(11-29-23)22-9-19(21-13-31-35(4)14-21)15-36-25(22)20(10-28)12-32-36/h5-6,9,11-15,24,30H,1,7-8,16H2,2-4H3,(H,29,33)(H,34,37). The average molecular weight is 496 g/mol. The monoisotopic (exact) mass is 495 g/mol. The van der Waals surface area contributed by atoms with Gasteiger partial charge in [0.1, 0.15) is 11.9 Å². The van der Waals surface area contributed by atoms with Crippen LogP contribution in [0.15, 0.2) is 61.3 Å². The summed E-state index contributed by atoms with van der Waals surface area (Å²) in [6.07, 6.45) is 10.7. The van der Waals surface area contributed by atoms with Crippen LogP contribution in [-0.4, -0.2) is 48.5 Å². The molecule has 0 saturated carbocycles. The van der Waals surface area contributed by atoms with Gasteiger partial charge in [-0.25, -0.2) is 9.50 Å². The van der Waals surface area contributed by atoms with Crippen LogP contribution in [0, 0.1) is 11.3 Å². The first-order valence-electron chi connectivity index (χ1n) is 12.1. The van der Waals surface area contributed by atoms with Crippen LogP contribution < -0.4 is 16.0 Å². The molecule has 10 heteroatoms. The lowest BCUT2D eigenvalue weighted by atomic mass is 9.90. The highest BCUT2D eigenvalue weighted by molar-refractivity contribution is 5.92. The van der Waals surface area contributed by atoms with E-state index in [1.54, 1.807) is 34.7 Å². The van der Waals surface area contributed by atoms with E-state index < -0.39 is 0 Å². The average Bonchev–Trinajstić information content (AvgIpc) is 3.51. The zero-order valence-corrected chi connectivity index (χ0v) is 21.1.